The number of nitrogens with one attached hydrogen (secondary N) is 1. The van der Waals surface area contributed by atoms with Crippen LogP contribution >= 0.6 is 0 Å². The molecule has 0 aliphatic carbocycles. The van der Waals surface area contributed by atoms with Crippen molar-refractivity contribution in [3.05, 3.63) is 0 Å². The van der Waals surface area contributed by atoms with Crippen LogP contribution in [-0.2, 0) is 4.74 Å². The molecule has 108 valence electrons. The van der Waals surface area contributed by atoms with E-state index >= 15 is 0 Å². The predicted octanol–water partition coefficient (Wildman–Crippen LogP) is 2.66. The highest BCUT2D eigenvalue weighted by Gasteiger charge is 2.34. The topological polar surface area (TPSA) is 24.5 Å². The summed E-state index contributed by atoms with van der Waals surface area (Å²) in [5.41, 5.74) is 0.254. The Morgan fingerprint density at radius 3 is 2.44 bits per heavy atom. The molecule has 0 spiro atoms. The summed E-state index contributed by atoms with van der Waals surface area (Å²) in [6, 6.07) is 0.566. The molecule has 0 aromatic heterocycles. The van der Waals surface area contributed by atoms with Gasteiger partial charge >= 0.3 is 0 Å². The van der Waals surface area contributed by atoms with Gasteiger partial charge in [0.1, 0.15) is 0 Å². The van der Waals surface area contributed by atoms with Crippen LogP contribution in [0.3, 0.4) is 0 Å². The van der Waals surface area contributed by atoms with Crippen molar-refractivity contribution in [3.8, 4) is 0 Å². The van der Waals surface area contributed by atoms with E-state index in [4.69, 9.17) is 4.74 Å². The van der Waals surface area contributed by atoms with Crippen molar-refractivity contribution in [1.29, 1.82) is 0 Å². The summed E-state index contributed by atoms with van der Waals surface area (Å²) in [5.74, 6) is 0. The highest BCUT2D eigenvalue weighted by Crippen LogP contribution is 2.26. The fraction of sp³-hybridized carbons (Fsp3) is 1.00. The van der Waals surface area contributed by atoms with E-state index in [9.17, 15) is 0 Å². The lowest BCUT2D eigenvalue weighted by molar-refractivity contribution is 0.0551. The highest BCUT2D eigenvalue weighted by molar-refractivity contribution is 4.94. The Morgan fingerprint density at radius 2 is 1.89 bits per heavy atom. The van der Waals surface area contributed by atoms with Gasteiger partial charge in [0.05, 0.1) is 0 Å². The van der Waals surface area contributed by atoms with Gasteiger partial charge in [0, 0.05) is 25.3 Å². The van der Waals surface area contributed by atoms with E-state index in [2.05, 4.69) is 31.0 Å². The minimum Gasteiger partial charge on any atom is -0.385 e. The lowest BCUT2D eigenvalue weighted by Gasteiger charge is -2.46. The van der Waals surface area contributed by atoms with Crippen LogP contribution in [0, 0.1) is 0 Å². The number of likely N-dealkylation sites (tertiary alicyclic amines) is 1. The second kappa shape index (κ2) is 8.13. The molecule has 0 bridgehead atoms. The fourth-order valence-corrected chi connectivity index (χ4v) is 3.07. The maximum Gasteiger partial charge on any atom is 0.0462 e. The summed E-state index contributed by atoms with van der Waals surface area (Å²) in [6.07, 6.45) is 6.47. The first kappa shape index (κ1) is 15.9. The molecule has 3 nitrogen and oxygen atoms in total. The van der Waals surface area contributed by atoms with Gasteiger partial charge in [0.2, 0.25) is 0 Å². The van der Waals surface area contributed by atoms with Crippen molar-refractivity contribution in [2.24, 2.45) is 0 Å². The van der Waals surface area contributed by atoms with Gasteiger partial charge in [-0.25, -0.2) is 0 Å². The molecule has 1 atom stereocenters. The van der Waals surface area contributed by atoms with Crippen molar-refractivity contribution in [1.82, 2.24) is 10.2 Å². The van der Waals surface area contributed by atoms with Crippen LogP contribution in [0.4, 0.5) is 0 Å². The average Bonchev–Trinajstić information content (AvgIpc) is 2.39. The van der Waals surface area contributed by atoms with Gasteiger partial charge in [-0.15, -0.1) is 0 Å². The monoisotopic (exact) mass is 256 g/mol. The molecule has 0 radical (unpaired) electrons. The smallest absolute Gasteiger partial charge is 0.0462 e. The van der Waals surface area contributed by atoms with E-state index in [0.717, 1.165) is 19.6 Å². The zero-order chi connectivity index (χ0) is 13.4. The Hall–Kier alpha value is -0.120. The minimum atomic E-state index is 0.254. The summed E-state index contributed by atoms with van der Waals surface area (Å²) >= 11 is 0. The molecule has 0 aromatic carbocycles. The van der Waals surface area contributed by atoms with E-state index in [1.54, 1.807) is 7.11 Å². The van der Waals surface area contributed by atoms with Crippen LogP contribution < -0.4 is 5.32 Å². The largest absolute Gasteiger partial charge is 0.385 e. The average molecular weight is 256 g/mol. The molecule has 1 aliphatic rings. The van der Waals surface area contributed by atoms with E-state index in [1.807, 2.05) is 0 Å². The zero-order valence-corrected chi connectivity index (χ0v) is 12.8. The first-order valence-electron chi connectivity index (χ1n) is 7.60. The number of hydrogen-bond donors (Lipinski definition) is 1. The van der Waals surface area contributed by atoms with Crippen LogP contribution in [0.5, 0.6) is 0 Å². The van der Waals surface area contributed by atoms with Crippen LogP contribution in [0.1, 0.15) is 52.9 Å². The second-order valence-electron chi connectivity index (χ2n) is 5.95. The van der Waals surface area contributed by atoms with Gasteiger partial charge in [0.15, 0.2) is 0 Å². The minimum absolute atomic E-state index is 0.254. The molecular formula is C15H32N2O. The van der Waals surface area contributed by atoms with Gasteiger partial charge in [-0.2, -0.15) is 0 Å². The van der Waals surface area contributed by atoms with Crippen molar-refractivity contribution in [3.63, 3.8) is 0 Å². The molecule has 1 aliphatic heterocycles. The normalized spacial score (nSPS) is 20.0. The first-order valence-corrected chi connectivity index (χ1v) is 7.60. The molecule has 0 saturated carbocycles. The molecule has 3 heteroatoms. The Balaban J connectivity index is 2.55. The zero-order valence-electron chi connectivity index (χ0n) is 12.8. The molecule has 1 saturated heterocycles. The third-order valence-corrected chi connectivity index (χ3v) is 4.32. The van der Waals surface area contributed by atoms with Gasteiger partial charge in [-0.1, -0.05) is 13.3 Å². The summed E-state index contributed by atoms with van der Waals surface area (Å²) in [7, 11) is 1.79. The molecule has 1 unspecified atom stereocenters. The standard InChI is InChI=1S/C15H32N2O/c1-5-16-14(10-9-13-18-4)15(2,3)17-11-7-6-8-12-17/h14,16H,5-13H2,1-4H3. The quantitative estimate of drug-likeness (QED) is 0.676. The fourth-order valence-electron chi connectivity index (χ4n) is 3.07. The molecule has 1 N–H and O–H groups in total. The number of likely N-dealkylation sites (N-methyl/N-ethyl adjacent to an activating group) is 1. The Labute approximate surface area is 113 Å². The predicted molar refractivity (Wildman–Crippen MR) is 78.1 cm³/mol. The van der Waals surface area contributed by atoms with Crippen LogP contribution in [0.15, 0.2) is 0 Å². The van der Waals surface area contributed by atoms with Gasteiger partial charge in [-0.05, 0) is 59.2 Å². The molecule has 1 fully saturated rings. The van der Waals surface area contributed by atoms with Gasteiger partial charge in [-0.3, -0.25) is 4.90 Å². The van der Waals surface area contributed by atoms with Gasteiger partial charge < -0.3 is 10.1 Å². The first-order chi connectivity index (χ1) is 8.62. The van der Waals surface area contributed by atoms with E-state index in [1.165, 1.54) is 38.8 Å². The number of piperidine rings is 1. The van der Waals surface area contributed by atoms with Crippen molar-refractivity contribution in [2.75, 3.05) is 33.4 Å². The highest BCUT2D eigenvalue weighted by atomic mass is 16.5. The molecule has 1 heterocycles. The molecule has 1 rings (SSSR count). The second-order valence-corrected chi connectivity index (χ2v) is 5.95. The number of hydrogen-bond acceptors (Lipinski definition) is 3. The summed E-state index contributed by atoms with van der Waals surface area (Å²) in [6.45, 7) is 11.5. The van der Waals surface area contributed by atoms with Crippen LogP contribution in [0.25, 0.3) is 0 Å². The Bertz CT molecular complexity index is 213. The Morgan fingerprint density at radius 1 is 1.22 bits per heavy atom. The summed E-state index contributed by atoms with van der Waals surface area (Å²) in [5, 5.41) is 3.68. The number of ether oxygens (including phenoxy) is 1. The molecule has 0 amide bonds. The maximum atomic E-state index is 5.19. The number of nitrogens with zero attached hydrogens (tertiary/aromatic N) is 1. The third-order valence-electron chi connectivity index (χ3n) is 4.32. The summed E-state index contributed by atoms with van der Waals surface area (Å²) < 4.78 is 5.19. The molecule has 0 aromatic rings. The number of rotatable bonds is 8. The van der Waals surface area contributed by atoms with E-state index in [-0.39, 0.29) is 5.54 Å². The number of methoxy groups -OCH3 is 1. The molecular weight excluding hydrogens is 224 g/mol. The lowest BCUT2D eigenvalue weighted by Crippen LogP contribution is -2.59. The third kappa shape index (κ3) is 4.52. The van der Waals surface area contributed by atoms with Crippen LogP contribution in [-0.4, -0.2) is 49.8 Å². The maximum absolute atomic E-state index is 5.19. The van der Waals surface area contributed by atoms with Crippen molar-refractivity contribution >= 4 is 0 Å². The van der Waals surface area contributed by atoms with Crippen molar-refractivity contribution in [2.45, 2.75) is 64.5 Å². The SMILES string of the molecule is CCNC(CCCOC)C(C)(C)N1CCCCC1. The van der Waals surface area contributed by atoms with Crippen molar-refractivity contribution < 1.29 is 4.74 Å². The lowest BCUT2D eigenvalue weighted by atomic mass is 9.87. The summed E-state index contributed by atoms with van der Waals surface area (Å²) in [4.78, 5) is 2.68. The molecule has 18 heavy (non-hydrogen) atoms. The van der Waals surface area contributed by atoms with Crippen LogP contribution in [0.2, 0.25) is 0 Å². The van der Waals surface area contributed by atoms with Gasteiger partial charge in [0.25, 0.3) is 0 Å². The van der Waals surface area contributed by atoms with E-state index in [0.29, 0.717) is 6.04 Å². The van der Waals surface area contributed by atoms with E-state index < -0.39 is 0 Å². The Kier molecular flexibility index (Phi) is 7.20.